The minimum absolute atomic E-state index is 0.211. The van der Waals surface area contributed by atoms with Crippen molar-refractivity contribution in [3.63, 3.8) is 0 Å². The average Bonchev–Trinajstić information content (AvgIpc) is 1.86. The molecule has 0 saturated heterocycles. The van der Waals surface area contributed by atoms with Gasteiger partial charge in [-0.05, 0) is 40.9 Å². The molecule has 0 amide bonds. The third kappa shape index (κ3) is 2.46. The number of nitrogens with one attached hydrogen (secondary N) is 1. The highest BCUT2D eigenvalue weighted by Crippen LogP contribution is 2.21. The molecule has 0 aliphatic carbocycles. The zero-order valence-corrected chi connectivity index (χ0v) is 9.60. The van der Waals surface area contributed by atoms with Gasteiger partial charge in [-0.1, -0.05) is 13.8 Å². The lowest BCUT2D eigenvalue weighted by molar-refractivity contribution is 0.116. The SMILES string of the molecule is CNC(C(C)C)C(C)(C)N(C)C. The number of hydrogen-bond donors (Lipinski definition) is 1. The maximum absolute atomic E-state index is 3.38. The number of likely N-dealkylation sites (N-methyl/N-ethyl adjacent to an activating group) is 2. The third-order valence-corrected chi connectivity index (χ3v) is 2.89. The highest BCUT2D eigenvalue weighted by molar-refractivity contribution is 4.92. The van der Waals surface area contributed by atoms with E-state index < -0.39 is 0 Å². The van der Waals surface area contributed by atoms with Gasteiger partial charge in [-0.25, -0.2) is 0 Å². The van der Waals surface area contributed by atoms with Crippen molar-refractivity contribution in [2.24, 2.45) is 5.92 Å². The third-order valence-electron chi connectivity index (χ3n) is 2.89. The molecule has 1 N–H and O–H groups in total. The van der Waals surface area contributed by atoms with Crippen LogP contribution in [0.25, 0.3) is 0 Å². The molecule has 0 aliphatic rings. The van der Waals surface area contributed by atoms with E-state index in [0.717, 1.165) is 0 Å². The summed E-state index contributed by atoms with van der Waals surface area (Å²) in [4.78, 5) is 2.27. The molecule has 0 saturated carbocycles. The molecule has 1 unspecified atom stereocenters. The fourth-order valence-corrected chi connectivity index (χ4v) is 1.78. The summed E-state index contributed by atoms with van der Waals surface area (Å²) in [6, 6.07) is 0.535. The summed E-state index contributed by atoms with van der Waals surface area (Å²) >= 11 is 0. The van der Waals surface area contributed by atoms with Gasteiger partial charge in [-0.3, -0.25) is 0 Å². The Morgan fingerprint density at radius 2 is 1.58 bits per heavy atom. The monoisotopic (exact) mass is 172 g/mol. The van der Waals surface area contributed by atoms with E-state index in [2.05, 4.69) is 52.0 Å². The highest BCUT2D eigenvalue weighted by Gasteiger charge is 2.32. The summed E-state index contributed by atoms with van der Waals surface area (Å²) in [6.07, 6.45) is 0. The van der Waals surface area contributed by atoms with Crippen LogP contribution in [0.2, 0.25) is 0 Å². The van der Waals surface area contributed by atoms with Gasteiger partial charge in [-0.15, -0.1) is 0 Å². The Morgan fingerprint density at radius 3 is 1.67 bits per heavy atom. The molecule has 2 nitrogen and oxygen atoms in total. The van der Waals surface area contributed by atoms with E-state index in [1.54, 1.807) is 0 Å². The number of rotatable bonds is 4. The smallest absolute Gasteiger partial charge is 0.0302 e. The Kier molecular flexibility index (Phi) is 4.21. The van der Waals surface area contributed by atoms with Crippen LogP contribution < -0.4 is 5.32 Å². The van der Waals surface area contributed by atoms with Gasteiger partial charge < -0.3 is 10.2 Å². The highest BCUT2D eigenvalue weighted by atomic mass is 15.2. The van der Waals surface area contributed by atoms with E-state index in [1.165, 1.54) is 0 Å². The molecule has 1 atom stereocenters. The van der Waals surface area contributed by atoms with Crippen molar-refractivity contribution >= 4 is 0 Å². The van der Waals surface area contributed by atoms with Crippen molar-refractivity contribution in [1.29, 1.82) is 0 Å². The summed E-state index contributed by atoms with van der Waals surface area (Å²) in [7, 11) is 6.30. The first-order chi connectivity index (χ1) is 5.34. The zero-order chi connectivity index (χ0) is 9.94. The normalized spacial score (nSPS) is 15.8. The molecule has 0 rings (SSSR count). The van der Waals surface area contributed by atoms with Crippen molar-refractivity contribution in [3.05, 3.63) is 0 Å². The van der Waals surface area contributed by atoms with Crippen molar-refractivity contribution in [2.45, 2.75) is 39.3 Å². The molecule has 74 valence electrons. The minimum Gasteiger partial charge on any atom is -0.315 e. The fraction of sp³-hybridized carbons (Fsp3) is 1.00. The van der Waals surface area contributed by atoms with Crippen molar-refractivity contribution < 1.29 is 0 Å². The predicted molar refractivity (Wildman–Crippen MR) is 55.5 cm³/mol. The van der Waals surface area contributed by atoms with E-state index in [4.69, 9.17) is 0 Å². The summed E-state index contributed by atoms with van der Waals surface area (Å²) < 4.78 is 0. The average molecular weight is 172 g/mol. The first kappa shape index (κ1) is 11.9. The Bertz CT molecular complexity index is 128. The van der Waals surface area contributed by atoms with Gasteiger partial charge in [0.05, 0.1) is 0 Å². The standard InChI is InChI=1S/C10H24N2/c1-8(2)9(11-5)10(3,4)12(6)7/h8-9,11H,1-7H3. The number of nitrogens with zero attached hydrogens (tertiary/aromatic N) is 1. The topological polar surface area (TPSA) is 15.3 Å². The van der Waals surface area contributed by atoms with E-state index in [0.29, 0.717) is 12.0 Å². The molecule has 0 aromatic rings. The summed E-state index contributed by atoms with van der Waals surface area (Å²) in [5.74, 6) is 0.660. The van der Waals surface area contributed by atoms with Gasteiger partial charge in [0.15, 0.2) is 0 Å². The second-order valence-corrected chi connectivity index (χ2v) is 4.56. The molecule has 2 heteroatoms. The van der Waals surface area contributed by atoms with Crippen LogP contribution in [0.15, 0.2) is 0 Å². The molecule has 0 bridgehead atoms. The van der Waals surface area contributed by atoms with Gasteiger partial charge in [-0.2, -0.15) is 0 Å². The first-order valence-corrected chi connectivity index (χ1v) is 4.68. The van der Waals surface area contributed by atoms with Gasteiger partial charge in [0.2, 0.25) is 0 Å². The van der Waals surface area contributed by atoms with Crippen LogP contribution in [-0.4, -0.2) is 37.6 Å². The van der Waals surface area contributed by atoms with Crippen LogP contribution in [0, 0.1) is 5.92 Å². The van der Waals surface area contributed by atoms with Crippen molar-refractivity contribution in [3.8, 4) is 0 Å². The lowest BCUT2D eigenvalue weighted by Crippen LogP contribution is -2.56. The van der Waals surface area contributed by atoms with Crippen LogP contribution in [-0.2, 0) is 0 Å². The summed E-state index contributed by atoms with van der Waals surface area (Å²) in [5.41, 5.74) is 0.211. The molecule has 0 radical (unpaired) electrons. The zero-order valence-electron chi connectivity index (χ0n) is 9.60. The molecule has 0 fully saturated rings. The molecule has 0 aromatic carbocycles. The molecule has 0 aliphatic heterocycles. The first-order valence-electron chi connectivity index (χ1n) is 4.68. The van der Waals surface area contributed by atoms with E-state index in [9.17, 15) is 0 Å². The second kappa shape index (κ2) is 4.24. The molecule has 0 spiro atoms. The van der Waals surface area contributed by atoms with Gasteiger partial charge in [0, 0.05) is 11.6 Å². The van der Waals surface area contributed by atoms with Crippen molar-refractivity contribution in [1.82, 2.24) is 10.2 Å². The predicted octanol–water partition coefficient (Wildman–Crippen LogP) is 1.57. The lowest BCUT2D eigenvalue weighted by atomic mass is 9.85. The number of hydrogen-bond acceptors (Lipinski definition) is 2. The van der Waals surface area contributed by atoms with Crippen LogP contribution >= 0.6 is 0 Å². The van der Waals surface area contributed by atoms with Gasteiger partial charge in [0.1, 0.15) is 0 Å². The van der Waals surface area contributed by atoms with Crippen molar-refractivity contribution in [2.75, 3.05) is 21.1 Å². The van der Waals surface area contributed by atoms with Crippen LogP contribution in [0.4, 0.5) is 0 Å². The largest absolute Gasteiger partial charge is 0.315 e. The Balaban J connectivity index is 4.47. The van der Waals surface area contributed by atoms with Crippen LogP contribution in [0.1, 0.15) is 27.7 Å². The minimum atomic E-state index is 0.211. The molecular weight excluding hydrogens is 148 g/mol. The Labute approximate surface area is 77.3 Å². The van der Waals surface area contributed by atoms with E-state index >= 15 is 0 Å². The fourth-order valence-electron chi connectivity index (χ4n) is 1.78. The van der Waals surface area contributed by atoms with E-state index in [1.807, 2.05) is 7.05 Å². The second-order valence-electron chi connectivity index (χ2n) is 4.56. The molecular formula is C10H24N2. The Morgan fingerprint density at radius 1 is 1.17 bits per heavy atom. The maximum atomic E-state index is 3.38. The summed E-state index contributed by atoms with van der Waals surface area (Å²) in [6.45, 7) is 9.06. The van der Waals surface area contributed by atoms with Gasteiger partial charge >= 0.3 is 0 Å². The Hall–Kier alpha value is -0.0800. The van der Waals surface area contributed by atoms with E-state index in [-0.39, 0.29) is 5.54 Å². The lowest BCUT2D eigenvalue weighted by Gasteiger charge is -2.42. The van der Waals surface area contributed by atoms with Crippen LogP contribution in [0.5, 0.6) is 0 Å². The van der Waals surface area contributed by atoms with Crippen LogP contribution in [0.3, 0.4) is 0 Å². The molecule has 0 aromatic heterocycles. The molecule has 0 heterocycles. The molecule has 12 heavy (non-hydrogen) atoms. The van der Waals surface area contributed by atoms with Gasteiger partial charge in [0.25, 0.3) is 0 Å². The summed E-state index contributed by atoms with van der Waals surface area (Å²) in [5, 5.41) is 3.38. The quantitative estimate of drug-likeness (QED) is 0.692. The maximum Gasteiger partial charge on any atom is 0.0302 e.